The molecule has 1 unspecified atom stereocenters. The van der Waals surface area contributed by atoms with Crippen molar-refractivity contribution in [2.45, 2.75) is 25.8 Å². The molecule has 4 N–H and O–H groups in total. The van der Waals surface area contributed by atoms with E-state index in [1.807, 2.05) is 6.92 Å². The molecule has 0 amide bonds. The summed E-state index contributed by atoms with van der Waals surface area (Å²) < 4.78 is 0. The molecule has 0 radical (unpaired) electrons. The van der Waals surface area contributed by atoms with Crippen LogP contribution in [0.1, 0.15) is 19.8 Å². The topological polar surface area (TPSA) is 84.1 Å². The molecular formula is C9H15ClN4O. The van der Waals surface area contributed by atoms with Gasteiger partial charge in [-0.25, -0.2) is 4.98 Å². The molecule has 0 fully saturated rings. The molecule has 0 saturated heterocycles. The maximum Gasteiger partial charge on any atom is 0.223 e. The molecule has 1 atom stereocenters. The number of aromatic nitrogens is 2. The second kappa shape index (κ2) is 5.72. The molecule has 5 nitrogen and oxygen atoms in total. The average molecular weight is 231 g/mol. The van der Waals surface area contributed by atoms with Crippen molar-refractivity contribution >= 4 is 23.4 Å². The molecule has 0 aromatic carbocycles. The van der Waals surface area contributed by atoms with Crippen LogP contribution in [0.3, 0.4) is 0 Å². The molecule has 1 aromatic heterocycles. The second-order valence-electron chi connectivity index (χ2n) is 3.35. The third-order valence-corrected chi connectivity index (χ3v) is 2.10. The van der Waals surface area contributed by atoms with Crippen molar-refractivity contribution < 1.29 is 5.11 Å². The van der Waals surface area contributed by atoms with Crippen molar-refractivity contribution in [1.82, 2.24) is 9.97 Å². The van der Waals surface area contributed by atoms with Crippen molar-refractivity contribution in [2.24, 2.45) is 0 Å². The van der Waals surface area contributed by atoms with Gasteiger partial charge < -0.3 is 16.2 Å². The van der Waals surface area contributed by atoms with E-state index in [1.165, 1.54) is 0 Å². The van der Waals surface area contributed by atoms with Crippen molar-refractivity contribution in [3.05, 3.63) is 11.2 Å². The highest BCUT2D eigenvalue weighted by Gasteiger charge is 2.04. The van der Waals surface area contributed by atoms with E-state index in [2.05, 4.69) is 15.3 Å². The lowest BCUT2D eigenvalue weighted by Crippen LogP contribution is -2.17. The smallest absolute Gasteiger partial charge is 0.223 e. The van der Waals surface area contributed by atoms with E-state index in [0.29, 0.717) is 11.0 Å². The Morgan fingerprint density at radius 1 is 1.60 bits per heavy atom. The van der Waals surface area contributed by atoms with E-state index < -0.39 is 0 Å². The Hall–Kier alpha value is -1.07. The molecule has 1 rings (SSSR count). The maximum absolute atomic E-state index is 8.67. The van der Waals surface area contributed by atoms with Gasteiger partial charge in [0.2, 0.25) is 5.95 Å². The molecule has 0 saturated carbocycles. The number of hydrogen-bond donors (Lipinski definition) is 3. The zero-order chi connectivity index (χ0) is 11.3. The van der Waals surface area contributed by atoms with E-state index in [1.54, 1.807) is 6.07 Å². The highest BCUT2D eigenvalue weighted by Crippen LogP contribution is 2.14. The Bertz CT molecular complexity index is 301. The predicted molar refractivity (Wildman–Crippen MR) is 60.9 cm³/mol. The van der Waals surface area contributed by atoms with E-state index in [4.69, 9.17) is 22.4 Å². The molecule has 0 bridgehead atoms. The molecule has 15 heavy (non-hydrogen) atoms. The van der Waals surface area contributed by atoms with Crippen LogP contribution in [0.5, 0.6) is 0 Å². The SMILES string of the molecule is CC(CCCO)Nc1cc(Cl)nc(N)n1. The van der Waals surface area contributed by atoms with Crippen LogP contribution in [0.25, 0.3) is 0 Å². The van der Waals surface area contributed by atoms with E-state index in [9.17, 15) is 0 Å². The van der Waals surface area contributed by atoms with Crippen molar-refractivity contribution in [3.8, 4) is 0 Å². The van der Waals surface area contributed by atoms with Gasteiger partial charge in [-0.2, -0.15) is 4.98 Å². The van der Waals surface area contributed by atoms with Crippen molar-refractivity contribution in [3.63, 3.8) is 0 Å². The zero-order valence-electron chi connectivity index (χ0n) is 8.57. The van der Waals surface area contributed by atoms with Crippen LogP contribution in [-0.2, 0) is 0 Å². The fraction of sp³-hybridized carbons (Fsp3) is 0.556. The second-order valence-corrected chi connectivity index (χ2v) is 3.73. The lowest BCUT2D eigenvalue weighted by atomic mass is 10.2. The summed E-state index contributed by atoms with van der Waals surface area (Å²) in [5.41, 5.74) is 5.45. The van der Waals surface area contributed by atoms with Crippen LogP contribution in [0.4, 0.5) is 11.8 Å². The first-order valence-corrected chi connectivity index (χ1v) is 5.17. The average Bonchev–Trinajstić information content (AvgIpc) is 2.13. The number of nitrogens with zero attached hydrogens (tertiary/aromatic N) is 2. The number of rotatable bonds is 5. The number of aliphatic hydroxyl groups is 1. The minimum absolute atomic E-state index is 0.152. The van der Waals surface area contributed by atoms with E-state index >= 15 is 0 Å². The van der Waals surface area contributed by atoms with Gasteiger partial charge in [-0.3, -0.25) is 0 Å². The Morgan fingerprint density at radius 3 is 2.93 bits per heavy atom. The number of anilines is 2. The standard InChI is InChI=1S/C9H15ClN4O/c1-6(3-2-4-15)12-8-5-7(10)13-9(11)14-8/h5-6,15H,2-4H2,1H3,(H3,11,12,13,14). The van der Waals surface area contributed by atoms with Gasteiger partial charge in [0.25, 0.3) is 0 Å². The largest absolute Gasteiger partial charge is 0.396 e. The summed E-state index contributed by atoms with van der Waals surface area (Å²) in [6.07, 6.45) is 1.61. The molecule has 0 aliphatic carbocycles. The number of hydrogen-bond acceptors (Lipinski definition) is 5. The minimum Gasteiger partial charge on any atom is -0.396 e. The van der Waals surface area contributed by atoms with Crippen LogP contribution in [0.15, 0.2) is 6.07 Å². The number of nitrogens with one attached hydrogen (secondary N) is 1. The number of aliphatic hydroxyl groups excluding tert-OH is 1. The van der Waals surface area contributed by atoms with Crippen LogP contribution < -0.4 is 11.1 Å². The molecule has 1 heterocycles. The molecule has 0 aliphatic rings. The van der Waals surface area contributed by atoms with Gasteiger partial charge in [-0.1, -0.05) is 11.6 Å². The summed E-state index contributed by atoms with van der Waals surface area (Å²) >= 11 is 5.73. The molecular weight excluding hydrogens is 216 g/mol. The quantitative estimate of drug-likeness (QED) is 0.664. The first kappa shape index (κ1) is 12.0. The summed E-state index contributed by atoms with van der Waals surface area (Å²) in [5.74, 6) is 0.761. The maximum atomic E-state index is 8.67. The Labute approximate surface area is 93.7 Å². The number of halogens is 1. The van der Waals surface area contributed by atoms with Gasteiger partial charge in [0.15, 0.2) is 0 Å². The van der Waals surface area contributed by atoms with Gasteiger partial charge in [0.1, 0.15) is 11.0 Å². The van der Waals surface area contributed by atoms with Crippen molar-refractivity contribution in [1.29, 1.82) is 0 Å². The summed E-state index contributed by atoms with van der Waals surface area (Å²) in [7, 11) is 0. The summed E-state index contributed by atoms with van der Waals surface area (Å²) in [6, 6.07) is 1.83. The summed E-state index contributed by atoms with van der Waals surface area (Å²) in [6.45, 7) is 2.19. The van der Waals surface area contributed by atoms with Crippen LogP contribution >= 0.6 is 11.6 Å². The Kier molecular flexibility index (Phi) is 4.58. The van der Waals surface area contributed by atoms with Crippen LogP contribution in [0.2, 0.25) is 5.15 Å². The van der Waals surface area contributed by atoms with E-state index in [-0.39, 0.29) is 18.6 Å². The highest BCUT2D eigenvalue weighted by atomic mass is 35.5. The molecule has 1 aromatic rings. The Balaban J connectivity index is 2.56. The summed E-state index contributed by atoms with van der Waals surface area (Å²) in [4.78, 5) is 7.75. The van der Waals surface area contributed by atoms with Gasteiger partial charge in [0.05, 0.1) is 0 Å². The molecule has 6 heteroatoms. The normalized spacial score (nSPS) is 12.5. The minimum atomic E-state index is 0.152. The highest BCUT2D eigenvalue weighted by molar-refractivity contribution is 6.29. The third kappa shape index (κ3) is 4.31. The lowest BCUT2D eigenvalue weighted by Gasteiger charge is -2.13. The number of nitrogen functional groups attached to an aromatic ring is 1. The van der Waals surface area contributed by atoms with Gasteiger partial charge in [0, 0.05) is 18.7 Å². The van der Waals surface area contributed by atoms with Gasteiger partial charge in [-0.05, 0) is 19.8 Å². The van der Waals surface area contributed by atoms with Crippen LogP contribution in [0, 0.1) is 0 Å². The molecule has 0 spiro atoms. The third-order valence-electron chi connectivity index (χ3n) is 1.90. The first-order valence-electron chi connectivity index (χ1n) is 4.79. The molecule has 0 aliphatic heterocycles. The predicted octanol–water partition coefficient (Wildman–Crippen LogP) is 1.29. The fourth-order valence-corrected chi connectivity index (χ4v) is 1.42. The Morgan fingerprint density at radius 2 is 2.33 bits per heavy atom. The van der Waals surface area contributed by atoms with E-state index in [0.717, 1.165) is 12.8 Å². The monoisotopic (exact) mass is 230 g/mol. The van der Waals surface area contributed by atoms with Crippen LogP contribution in [-0.4, -0.2) is 27.7 Å². The number of nitrogens with two attached hydrogens (primary N) is 1. The fourth-order valence-electron chi connectivity index (χ4n) is 1.23. The van der Waals surface area contributed by atoms with Crippen molar-refractivity contribution in [2.75, 3.05) is 17.7 Å². The molecule has 84 valence electrons. The summed E-state index contributed by atoms with van der Waals surface area (Å²) in [5, 5.41) is 12.1. The van der Waals surface area contributed by atoms with Gasteiger partial charge >= 0.3 is 0 Å². The van der Waals surface area contributed by atoms with Gasteiger partial charge in [-0.15, -0.1) is 0 Å². The lowest BCUT2D eigenvalue weighted by molar-refractivity contribution is 0.282. The zero-order valence-corrected chi connectivity index (χ0v) is 9.33. The first-order chi connectivity index (χ1) is 7.11.